The van der Waals surface area contributed by atoms with Gasteiger partial charge < -0.3 is 10.2 Å². The molecule has 284 valence electrons. The highest BCUT2D eigenvalue weighted by atomic mass is 32.2. The van der Waals surface area contributed by atoms with E-state index in [4.69, 9.17) is 0 Å². The summed E-state index contributed by atoms with van der Waals surface area (Å²) >= 11 is 0. The van der Waals surface area contributed by atoms with Crippen molar-refractivity contribution in [2.45, 2.75) is 30.8 Å². The third-order valence-corrected chi connectivity index (χ3v) is 11.9. The number of piperazine rings is 1. The smallest absolute Gasteiger partial charge is 0.293 e. The topological polar surface area (TPSA) is 128 Å². The van der Waals surface area contributed by atoms with Crippen LogP contribution in [0.4, 0.5) is 17.1 Å². The number of nitrogens with one attached hydrogen (secondary N) is 2. The number of hydrogen-bond donors (Lipinski definition) is 2. The average Bonchev–Trinajstić information content (AvgIpc) is 3.21. The maximum atomic E-state index is 13.3. The normalized spacial score (nSPS) is 15.7. The molecule has 0 spiro atoms. The summed E-state index contributed by atoms with van der Waals surface area (Å²) in [5.41, 5.74) is 6.01. The fourth-order valence-corrected chi connectivity index (χ4v) is 8.44. The van der Waals surface area contributed by atoms with Gasteiger partial charge in [0.15, 0.2) is 0 Å². The molecule has 2 heterocycles. The highest BCUT2D eigenvalue weighted by Crippen LogP contribution is 2.30. The third kappa shape index (κ3) is 9.58. The lowest BCUT2D eigenvalue weighted by Gasteiger charge is -2.36. The van der Waals surface area contributed by atoms with Crippen LogP contribution in [0.3, 0.4) is 0 Å². The van der Waals surface area contributed by atoms with Crippen molar-refractivity contribution >= 4 is 33.0 Å². The van der Waals surface area contributed by atoms with Crippen molar-refractivity contribution in [2.75, 3.05) is 56.0 Å². The van der Waals surface area contributed by atoms with Crippen molar-refractivity contribution < 1.29 is 18.1 Å². The lowest BCUT2D eigenvalue weighted by atomic mass is 9.96. The van der Waals surface area contributed by atoms with Crippen LogP contribution in [0.5, 0.6) is 0 Å². The SMILES string of the molecule is O=C(NS(=O)(=O)c1ccc(NCC2CCN(Cc3ccccc3)CC2)c([N+](=O)[O-])c1)c1ccc(N2CCN(Cc3ccccc3-c3ccccc3)CC2)cc1. The number of amides is 1. The molecule has 1 amide bonds. The number of nitrogens with zero attached hydrogens (tertiary/aromatic N) is 4. The molecule has 5 aromatic carbocycles. The first-order valence-electron chi connectivity index (χ1n) is 18.8. The minimum atomic E-state index is -4.38. The number of rotatable bonds is 13. The first kappa shape index (κ1) is 37.7. The predicted molar refractivity (Wildman–Crippen MR) is 216 cm³/mol. The number of sulfonamides is 1. The van der Waals surface area contributed by atoms with Crippen LogP contribution in [0, 0.1) is 16.0 Å². The van der Waals surface area contributed by atoms with Crippen LogP contribution in [-0.4, -0.2) is 74.9 Å². The Kier molecular flexibility index (Phi) is 11.9. The molecule has 2 saturated heterocycles. The lowest BCUT2D eigenvalue weighted by molar-refractivity contribution is -0.384. The van der Waals surface area contributed by atoms with E-state index < -0.39 is 20.9 Å². The zero-order valence-electron chi connectivity index (χ0n) is 30.7. The number of hydrogen-bond acceptors (Lipinski definition) is 9. The standard InChI is InChI=1S/C43H46N6O5S/c50-43(36-15-17-38(18-16-36)48-27-25-47(26-28-48)32-37-13-7-8-14-40(37)35-11-5-2-6-12-35)45-55(53,54)39-19-20-41(42(29-39)49(51)52)44-30-33-21-23-46(24-22-33)31-34-9-3-1-4-10-34/h1-20,29,33,44H,21-28,30-32H2,(H,45,50). The Labute approximate surface area is 322 Å². The zero-order chi connectivity index (χ0) is 38.2. The van der Waals surface area contributed by atoms with Gasteiger partial charge in [-0.25, -0.2) is 13.1 Å². The molecule has 2 fully saturated rings. The van der Waals surface area contributed by atoms with Crippen LogP contribution in [0.2, 0.25) is 0 Å². The molecule has 0 radical (unpaired) electrons. The Morgan fingerprint density at radius 3 is 2.05 bits per heavy atom. The molecule has 55 heavy (non-hydrogen) atoms. The molecular formula is C43H46N6O5S. The summed E-state index contributed by atoms with van der Waals surface area (Å²) in [7, 11) is -4.38. The molecule has 0 aliphatic carbocycles. The van der Waals surface area contributed by atoms with Crippen LogP contribution < -0.4 is 14.9 Å². The Morgan fingerprint density at radius 1 is 0.727 bits per heavy atom. The Balaban J connectivity index is 0.906. The Bertz CT molecular complexity index is 2190. The summed E-state index contributed by atoms with van der Waals surface area (Å²) in [6, 6.07) is 39.8. The highest BCUT2D eigenvalue weighted by molar-refractivity contribution is 7.90. The first-order chi connectivity index (χ1) is 26.7. The van der Waals surface area contributed by atoms with E-state index in [1.807, 2.05) is 36.4 Å². The van der Waals surface area contributed by atoms with Gasteiger partial charge in [0.2, 0.25) is 0 Å². The second kappa shape index (κ2) is 17.3. The number of nitro benzene ring substituents is 1. The summed E-state index contributed by atoms with van der Waals surface area (Å²) in [4.78, 5) is 31.3. The number of likely N-dealkylation sites (tertiary alicyclic amines) is 1. The van der Waals surface area contributed by atoms with E-state index in [2.05, 4.69) is 85.4 Å². The maximum absolute atomic E-state index is 13.3. The fourth-order valence-electron chi connectivity index (χ4n) is 7.45. The van der Waals surface area contributed by atoms with E-state index in [1.54, 1.807) is 12.1 Å². The summed E-state index contributed by atoms with van der Waals surface area (Å²) in [6.07, 6.45) is 1.91. The van der Waals surface area contributed by atoms with Gasteiger partial charge in [-0.2, -0.15) is 0 Å². The number of benzene rings is 5. The lowest BCUT2D eigenvalue weighted by Crippen LogP contribution is -2.46. The van der Waals surface area contributed by atoms with Crippen LogP contribution >= 0.6 is 0 Å². The monoisotopic (exact) mass is 758 g/mol. The number of anilines is 2. The fraction of sp³-hybridized carbons (Fsp3) is 0.279. The van der Waals surface area contributed by atoms with Gasteiger partial charge in [0.25, 0.3) is 21.6 Å². The van der Waals surface area contributed by atoms with E-state index in [1.165, 1.54) is 34.4 Å². The molecule has 11 nitrogen and oxygen atoms in total. The molecule has 0 unspecified atom stereocenters. The Hall–Kier alpha value is -5.56. The average molecular weight is 759 g/mol. The molecule has 0 atom stereocenters. The van der Waals surface area contributed by atoms with Crippen LogP contribution in [-0.2, 0) is 23.1 Å². The number of carbonyl (C=O) groups excluding carboxylic acids is 1. The molecule has 0 bridgehead atoms. The van der Waals surface area contributed by atoms with E-state index in [0.29, 0.717) is 12.5 Å². The maximum Gasteiger partial charge on any atom is 0.293 e. The van der Waals surface area contributed by atoms with E-state index in [9.17, 15) is 23.3 Å². The number of carbonyl (C=O) groups is 1. The van der Waals surface area contributed by atoms with Crippen molar-refractivity contribution in [1.29, 1.82) is 0 Å². The molecule has 2 aliphatic heterocycles. The van der Waals surface area contributed by atoms with Crippen molar-refractivity contribution in [1.82, 2.24) is 14.5 Å². The van der Waals surface area contributed by atoms with E-state index >= 15 is 0 Å². The zero-order valence-corrected chi connectivity index (χ0v) is 31.5. The molecule has 12 heteroatoms. The van der Waals surface area contributed by atoms with Gasteiger partial charge >= 0.3 is 0 Å². The highest BCUT2D eigenvalue weighted by Gasteiger charge is 2.26. The molecule has 7 rings (SSSR count). The van der Waals surface area contributed by atoms with Gasteiger partial charge in [0.1, 0.15) is 5.69 Å². The first-order valence-corrected chi connectivity index (χ1v) is 20.3. The molecule has 0 saturated carbocycles. The second-order valence-corrected chi connectivity index (χ2v) is 16.0. The van der Waals surface area contributed by atoms with Gasteiger partial charge in [-0.15, -0.1) is 0 Å². The van der Waals surface area contributed by atoms with Crippen molar-refractivity contribution in [2.24, 2.45) is 5.92 Å². The molecule has 5 aromatic rings. The summed E-state index contributed by atoms with van der Waals surface area (Å²) in [5, 5.41) is 15.2. The van der Waals surface area contributed by atoms with E-state index in [0.717, 1.165) is 77.0 Å². The number of piperidine rings is 1. The third-order valence-electron chi connectivity index (χ3n) is 10.6. The van der Waals surface area contributed by atoms with Crippen molar-refractivity contribution in [3.05, 3.63) is 154 Å². The molecule has 2 N–H and O–H groups in total. The van der Waals surface area contributed by atoms with Gasteiger partial charge in [-0.05, 0) is 90.5 Å². The predicted octanol–water partition coefficient (Wildman–Crippen LogP) is 7.03. The Morgan fingerprint density at radius 2 is 1.36 bits per heavy atom. The van der Waals surface area contributed by atoms with Crippen LogP contribution in [0.15, 0.2) is 132 Å². The molecule has 2 aliphatic rings. The van der Waals surface area contributed by atoms with Crippen LogP contribution in [0.25, 0.3) is 11.1 Å². The van der Waals surface area contributed by atoms with Gasteiger partial charge in [-0.3, -0.25) is 24.7 Å². The quantitative estimate of drug-likeness (QED) is 0.0962. The minimum absolute atomic E-state index is 0.172. The largest absolute Gasteiger partial charge is 0.379 e. The minimum Gasteiger partial charge on any atom is -0.379 e. The molecule has 0 aromatic heterocycles. The van der Waals surface area contributed by atoms with Crippen LogP contribution in [0.1, 0.15) is 34.3 Å². The van der Waals surface area contributed by atoms with Gasteiger partial charge in [0.05, 0.1) is 9.82 Å². The van der Waals surface area contributed by atoms with Gasteiger partial charge in [-0.1, -0.05) is 84.9 Å². The summed E-state index contributed by atoms with van der Waals surface area (Å²) in [5.74, 6) is -0.476. The molecular weight excluding hydrogens is 713 g/mol. The van der Waals surface area contributed by atoms with Gasteiger partial charge in [0, 0.05) is 63.1 Å². The van der Waals surface area contributed by atoms with Crippen molar-refractivity contribution in [3.63, 3.8) is 0 Å². The van der Waals surface area contributed by atoms with Crippen molar-refractivity contribution in [3.8, 4) is 11.1 Å². The summed E-state index contributed by atoms with van der Waals surface area (Å²) in [6.45, 7) is 7.53. The summed E-state index contributed by atoms with van der Waals surface area (Å²) < 4.78 is 28.6. The van der Waals surface area contributed by atoms with E-state index in [-0.39, 0.29) is 21.8 Å². The number of nitro groups is 1. The second-order valence-electron chi connectivity index (χ2n) is 14.3.